The van der Waals surface area contributed by atoms with E-state index < -0.39 is 0 Å². The number of ether oxygens (including phenoxy) is 3. The number of para-hydroxylation sites is 1. The van der Waals surface area contributed by atoms with Crippen LogP contribution in [0.3, 0.4) is 0 Å². The fraction of sp³-hybridized carbons (Fsp3) is 0.375. The number of hydrogen-bond acceptors (Lipinski definition) is 6. The molecule has 162 valence electrons. The average Bonchev–Trinajstić information content (AvgIpc) is 3.49. The summed E-state index contributed by atoms with van der Waals surface area (Å²) >= 11 is 0. The normalized spacial score (nSPS) is 17.1. The van der Waals surface area contributed by atoms with Crippen molar-refractivity contribution in [2.45, 2.75) is 32.3 Å². The van der Waals surface area contributed by atoms with Gasteiger partial charge in [0.2, 0.25) is 12.5 Å². The summed E-state index contributed by atoms with van der Waals surface area (Å²) < 4.78 is 16.4. The monoisotopic (exact) mass is 421 g/mol. The van der Waals surface area contributed by atoms with Gasteiger partial charge in [-0.25, -0.2) is 0 Å². The SMILES string of the molecule is COc1cc(C[C@H]2CC(CNCCc3c(C)[nH]c4ccccc34)=NO2)cc2c1OCO2. The highest BCUT2D eigenvalue weighted by molar-refractivity contribution is 5.87. The van der Waals surface area contributed by atoms with Gasteiger partial charge < -0.3 is 29.3 Å². The van der Waals surface area contributed by atoms with E-state index in [0.29, 0.717) is 11.5 Å². The van der Waals surface area contributed by atoms with E-state index in [1.807, 2.05) is 12.1 Å². The topological polar surface area (TPSA) is 77.1 Å². The molecule has 1 atom stereocenters. The van der Waals surface area contributed by atoms with E-state index in [2.05, 4.69) is 46.6 Å². The average molecular weight is 421 g/mol. The van der Waals surface area contributed by atoms with Crippen molar-refractivity contribution in [2.24, 2.45) is 5.16 Å². The van der Waals surface area contributed by atoms with Gasteiger partial charge in [-0.1, -0.05) is 23.4 Å². The number of aromatic nitrogens is 1. The van der Waals surface area contributed by atoms with E-state index in [0.717, 1.165) is 49.4 Å². The molecule has 2 aliphatic heterocycles. The minimum absolute atomic E-state index is 0.0257. The fourth-order valence-electron chi connectivity index (χ4n) is 4.37. The van der Waals surface area contributed by atoms with Crippen LogP contribution in [-0.2, 0) is 17.7 Å². The number of nitrogens with one attached hydrogen (secondary N) is 2. The number of rotatable bonds is 8. The molecule has 3 aromatic rings. The third-order valence-corrected chi connectivity index (χ3v) is 5.88. The van der Waals surface area contributed by atoms with Gasteiger partial charge in [-0.3, -0.25) is 0 Å². The van der Waals surface area contributed by atoms with Gasteiger partial charge in [0.15, 0.2) is 11.5 Å². The van der Waals surface area contributed by atoms with Gasteiger partial charge in [-0.2, -0.15) is 0 Å². The first-order valence-corrected chi connectivity index (χ1v) is 10.7. The van der Waals surface area contributed by atoms with Crippen LogP contribution in [0.4, 0.5) is 0 Å². The van der Waals surface area contributed by atoms with Crippen LogP contribution in [0.15, 0.2) is 41.6 Å². The summed E-state index contributed by atoms with van der Waals surface area (Å²) in [6, 6.07) is 12.4. The summed E-state index contributed by atoms with van der Waals surface area (Å²) in [5.41, 5.74) is 5.95. The van der Waals surface area contributed by atoms with Crippen molar-refractivity contribution in [1.29, 1.82) is 0 Å². The van der Waals surface area contributed by atoms with E-state index in [9.17, 15) is 0 Å². The molecule has 0 amide bonds. The number of H-pyrrole nitrogens is 1. The van der Waals surface area contributed by atoms with E-state index in [1.54, 1.807) is 7.11 Å². The quantitative estimate of drug-likeness (QED) is 0.542. The Morgan fingerprint density at radius 2 is 2.13 bits per heavy atom. The highest BCUT2D eigenvalue weighted by Gasteiger charge is 2.25. The minimum Gasteiger partial charge on any atom is -0.493 e. The molecule has 5 rings (SSSR count). The number of aryl methyl sites for hydroxylation is 1. The third kappa shape index (κ3) is 4.05. The maximum Gasteiger partial charge on any atom is 0.231 e. The Morgan fingerprint density at radius 1 is 1.23 bits per heavy atom. The molecule has 0 fully saturated rings. The number of nitrogens with zero attached hydrogens (tertiary/aromatic N) is 1. The van der Waals surface area contributed by atoms with Crippen LogP contribution < -0.4 is 19.5 Å². The second kappa shape index (κ2) is 8.51. The summed E-state index contributed by atoms with van der Waals surface area (Å²) in [6.07, 6.45) is 2.56. The summed E-state index contributed by atoms with van der Waals surface area (Å²) in [6.45, 7) is 4.00. The molecule has 0 radical (unpaired) electrons. The lowest BCUT2D eigenvalue weighted by atomic mass is 10.0. The zero-order valence-corrected chi connectivity index (χ0v) is 17.9. The Bertz CT molecular complexity index is 1120. The van der Waals surface area contributed by atoms with Crippen molar-refractivity contribution < 1.29 is 19.0 Å². The lowest BCUT2D eigenvalue weighted by Crippen LogP contribution is -2.25. The Morgan fingerprint density at radius 3 is 3.03 bits per heavy atom. The van der Waals surface area contributed by atoms with Crippen LogP contribution in [-0.4, -0.2) is 43.8 Å². The van der Waals surface area contributed by atoms with Crippen molar-refractivity contribution >= 4 is 16.6 Å². The van der Waals surface area contributed by atoms with Gasteiger partial charge in [0.1, 0.15) is 6.10 Å². The van der Waals surface area contributed by atoms with Crippen molar-refractivity contribution in [3.63, 3.8) is 0 Å². The molecule has 0 saturated carbocycles. The van der Waals surface area contributed by atoms with Crippen molar-refractivity contribution in [3.8, 4) is 17.2 Å². The van der Waals surface area contributed by atoms with Crippen LogP contribution in [0.25, 0.3) is 10.9 Å². The van der Waals surface area contributed by atoms with Gasteiger partial charge in [0.25, 0.3) is 0 Å². The molecule has 2 aliphatic rings. The number of fused-ring (bicyclic) bond motifs is 2. The van der Waals surface area contributed by atoms with Crippen molar-refractivity contribution in [2.75, 3.05) is 27.0 Å². The van der Waals surface area contributed by atoms with E-state index in [1.165, 1.54) is 22.2 Å². The first-order valence-electron chi connectivity index (χ1n) is 10.7. The number of benzene rings is 2. The van der Waals surface area contributed by atoms with Gasteiger partial charge in [0, 0.05) is 36.0 Å². The van der Waals surface area contributed by atoms with E-state index in [-0.39, 0.29) is 12.9 Å². The predicted molar refractivity (Wildman–Crippen MR) is 119 cm³/mol. The zero-order chi connectivity index (χ0) is 21.2. The van der Waals surface area contributed by atoms with Crippen LogP contribution in [0.1, 0.15) is 23.2 Å². The zero-order valence-electron chi connectivity index (χ0n) is 17.9. The maximum atomic E-state index is 5.67. The number of aromatic amines is 1. The van der Waals surface area contributed by atoms with E-state index >= 15 is 0 Å². The molecule has 0 unspecified atom stereocenters. The number of hydrogen-bond donors (Lipinski definition) is 2. The Hall–Kier alpha value is -3.19. The number of oxime groups is 1. The molecule has 3 heterocycles. The molecule has 31 heavy (non-hydrogen) atoms. The van der Waals surface area contributed by atoms with Gasteiger partial charge in [-0.15, -0.1) is 0 Å². The lowest BCUT2D eigenvalue weighted by molar-refractivity contribution is 0.0858. The van der Waals surface area contributed by atoms with Crippen molar-refractivity contribution in [3.05, 3.63) is 53.2 Å². The molecule has 0 saturated heterocycles. The molecule has 7 nitrogen and oxygen atoms in total. The summed E-state index contributed by atoms with van der Waals surface area (Å²) in [4.78, 5) is 9.14. The second-order valence-electron chi connectivity index (χ2n) is 8.03. The minimum atomic E-state index is 0.0257. The van der Waals surface area contributed by atoms with Crippen LogP contribution >= 0.6 is 0 Å². The smallest absolute Gasteiger partial charge is 0.231 e. The largest absolute Gasteiger partial charge is 0.493 e. The molecule has 2 N–H and O–H groups in total. The molecular formula is C24H27N3O4. The lowest BCUT2D eigenvalue weighted by Gasteiger charge is -2.11. The van der Waals surface area contributed by atoms with Crippen LogP contribution in [0.5, 0.6) is 17.2 Å². The first-order chi connectivity index (χ1) is 15.2. The predicted octanol–water partition coefficient (Wildman–Crippen LogP) is 3.73. The summed E-state index contributed by atoms with van der Waals surface area (Å²) in [7, 11) is 1.64. The molecule has 0 spiro atoms. The maximum absolute atomic E-state index is 5.67. The Labute approximate surface area is 181 Å². The Kier molecular flexibility index (Phi) is 5.42. The highest BCUT2D eigenvalue weighted by atomic mass is 16.7. The van der Waals surface area contributed by atoms with Gasteiger partial charge >= 0.3 is 0 Å². The molecule has 2 aromatic carbocycles. The van der Waals surface area contributed by atoms with E-state index in [4.69, 9.17) is 19.0 Å². The molecule has 0 bridgehead atoms. The summed E-state index contributed by atoms with van der Waals surface area (Å²) in [5, 5.41) is 9.11. The van der Waals surface area contributed by atoms with Crippen LogP contribution in [0, 0.1) is 6.92 Å². The molecule has 1 aromatic heterocycles. The first kappa shape index (κ1) is 19.8. The van der Waals surface area contributed by atoms with Crippen molar-refractivity contribution in [1.82, 2.24) is 10.3 Å². The number of methoxy groups -OCH3 is 1. The third-order valence-electron chi connectivity index (χ3n) is 5.88. The van der Waals surface area contributed by atoms with Crippen LogP contribution in [0.2, 0.25) is 0 Å². The molecule has 7 heteroatoms. The highest BCUT2D eigenvalue weighted by Crippen LogP contribution is 2.42. The second-order valence-corrected chi connectivity index (χ2v) is 8.03. The fourth-order valence-corrected chi connectivity index (χ4v) is 4.37. The molecular weight excluding hydrogens is 394 g/mol. The Balaban J connectivity index is 1.11. The van der Waals surface area contributed by atoms with Gasteiger partial charge in [0.05, 0.1) is 12.8 Å². The summed E-state index contributed by atoms with van der Waals surface area (Å²) in [5.74, 6) is 2.09. The van der Waals surface area contributed by atoms with Gasteiger partial charge in [-0.05, 0) is 49.2 Å². The molecule has 0 aliphatic carbocycles. The standard InChI is InChI=1S/C24H27N3O4/c1-15-19(20-5-3-4-6-21(20)26-15)7-8-25-13-17-12-18(31-27-17)9-16-10-22(28-2)24-23(11-16)29-14-30-24/h3-6,10-11,18,25-26H,7-9,12-14H2,1-2H3/t18-/m0/s1.